The van der Waals surface area contributed by atoms with E-state index in [1.54, 1.807) is 24.3 Å². The van der Waals surface area contributed by atoms with Gasteiger partial charge in [-0.3, -0.25) is 13.8 Å². The van der Waals surface area contributed by atoms with Crippen molar-refractivity contribution in [3.05, 3.63) is 83.4 Å². The third-order valence-electron chi connectivity index (χ3n) is 5.60. The number of hydrogen-bond acceptors (Lipinski definition) is 5. The van der Waals surface area contributed by atoms with Crippen LogP contribution in [0, 0.1) is 6.92 Å². The fourth-order valence-electron chi connectivity index (χ4n) is 3.94. The summed E-state index contributed by atoms with van der Waals surface area (Å²) in [6.07, 6.45) is -0.385. The van der Waals surface area contributed by atoms with Crippen molar-refractivity contribution in [3.8, 4) is 11.1 Å². The highest BCUT2D eigenvalue weighted by Crippen LogP contribution is 2.46. The van der Waals surface area contributed by atoms with Crippen LogP contribution in [-0.4, -0.2) is 32.0 Å². The molecule has 0 aromatic heterocycles. The van der Waals surface area contributed by atoms with Crippen LogP contribution in [0.3, 0.4) is 0 Å². The van der Waals surface area contributed by atoms with E-state index in [2.05, 4.69) is 5.32 Å². The van der Waals surface area contributed by atoms with Crippen LogP contribution in [0.4, 0.5) is 5.69 Å². The first-order valence-corrected chi connectivity index (χ1v) is 11.9. The van der Waals surface area contributed by atoms with Crippen molar-refractivity contribution < 1.29 is 27.3 Å². The maximum Gasteiger partial charge on any atom is 0.303 e. The number of carbonyl (C=O) groups is 2. The highest BCUT2D eigenvalue weighted by atomic mass is 32.2. The molecule has 2 N–H and O–H groups in total. The molecule has 1 unspecified atom stereocenters. The molecule has 4 rings (SSSR count). The Morgan fingerprint density at radius 1 is 0.939 bits per heavy atom. The fraction of sp³-hybridized carbons (Fsp3) is 0.200. The Hall–Kier alpha value is -3.49. The number of anilines is 1. The van der Waals surface area contributed by atoms with E-state index >= 15 is 0 Å². The number of fused-ring (bicyclic) bond motifs is 3. The number of hydrogen-bond donors (Lipinski definition) is 2. The molecule has 3 aromatic rings. The summed E-state index contributed by atoms with van der Waals surface area (Å²) in [5.41, 5.74) is 5.18. The van der Waals surface area contributed by atoms with Gasteiger partial charge in [-0.2, -0.15) is 8.42 Å². The highest BCUT2D eigenvalue weighted by Gasteiger charge is 2.31. The van der Waals surface area contributed by atoms with Gasteiger partial charge in [0.1, 0.15) is 0 Å². The van der Waals surface area contributed by atoms with Gasteiger partial charge in [-0.05, 0) is 53.4 Å². The normalized spacial score (nSPS) is 14.4. The van der Waals surface area contributed by atoms with Crippen LogP contribution in [0.5, 0.6) is 0 Å². The first-order chi connectivity index (χ1) is 15.7. The van der Waals surface area contributed by atoms with Crippen molar-refractivity contribution >= 4 is 27.7 Å². The summed E-state index contributed by atoms with van der Waals surface area (Å²) in [6, 6.07) is 19.6. The van der Waals surface area contributed by atoms with Crippen molar-refractivity contribution in [3.63, 3.8) is 0 Å². The Bertz CT molecular complexity index is 1310. The number of aliphatic carboxylic acids is 1. The fourth-order valence-corrected chi connectivity index (χ4v) is 4.86. The lowest BCUT2D eigenvalue weighted by Crippen LogP contribution is -2.15. The maximum atomic E-state index is 12.7. The predicted octanol–water partition coefficient (Wildman–Crippen LogP) is 4.32. The standard InChI is InChI=1S/C25H23NO6S/c1-16-6-9-18(10-7-16)33(30,31)32-15-23-20-5-3-2-4-19(20)21-11-8-17(14-22(21)23)26-24(27)12-13-25(28)29/h2-11,14,23H,12-13,15H2,1H3,(H,26,27)(H,28,29). The second-order valence-electron chi connectivity index (χ2n) is 7.94. The summed E-state index contributed by atoms with van der Waals surface area (Å²) in [7, 11) is -3.94. The first kappa shape index (κ1) is 22.7. The van der Waals surface area contributed by atoms with Gasteiger partial charge in [0, 0.05) is 18.0 Å². The summed E-state index contributed by atoms with van der Waals surface area (Å²) in [4.78, 5) is 22.9. The third-order valence-corrected chi connectivity index (χ3v) is 6.90. The van der Waals surface area contributed by atoms with Gasteiger partial charge in [0.2, 0.25) is 5.91 Å². The molecule has 3 aromatic carbocycles. The molecular formula is C25H23NO6S. The molecule has 8 heteroatoms. The lowest BCUT2D eigenvalue weighted by molar-refractivity contribution is -0.138. The summed E-state index contributed by atoms with van der Waals surface area (Å²) in [5, 5.41) is 11.5. The Balaban J connectivity index is 1.59. The number of aryl methyl sites for hydroxylation is 1. The second kappa shape index (κ2) is 9.17. The maximum absolute atomic E-state index is 12.7. The smallest absolute Gasteiger partial charge is 0.303 e. The number of nitrogens with one attached hydrogen (secondary N) is 1. The Morgan fingerprint density at radius 3 is 2.36 bits per heavy atom. The van der Waals surface area contributed by atoms with Crippen LogP contribution in [0.2, 0.25) is 0 Å². The molecular weight excluding hydrogens is 442 g/mol. The predicted molar refractivity (Wildman–Crippen MR) is 124 cm³/mol. The molecule has 0 bridgehead atoms. The number of benzene rings is 3. The second-order valence-corrected chi connectivity index (χ2v) is 9.55. The molecule has 1 aliphatic carbocycles. The summed E-state index contributed by atoms with van der Waals surface area (Å²) in [6.45, 7) is 1.79. The van der Waals surface area contributed by atoms with E-state index in [0.717, 1.165) is 27.8 Å². The van der Waals surface area contributed by atoms with Crippen LogP contribution in [0.1, 0.15) is 35.4 Å². The van der Waals surface area contributed by atoms with Gasteiger partial charge in [0.25, 0.3) is 10.1 Å². The Labute approximate surface area is 192 Å². The van der Waals surface area contributed by atoms with Crippen molar-refractivity contribution in [1.29, 1.82) is 0 Å². The molecule has 1 aliphatic rings. The first-order valence-electron chi connectivity index (χ1n) is 10.5. The van der Waals surface area contributed by atoms with Crippen LogP contribution in [0.15, 0.2) is 71.6 Å². The molecule has 170 valence electrons. The zero-order valence-electron chi connectivity index (χ0n) is 17.9. The monoisotopic (exact) mass is 465 g/mol. The molecule has 7 nitrogen and oxygen atoms in total. The molecule has 0 spiro atoms. The van der Waals surface area contributed by atoms with Gasteiger partial charge >= 0.3 is 5.97 Å². The number of carbonyl (C=O) groups excluding carboxylic acids is 1. The average molecular weight is 466 g/mol. The molecule has 0 aliphatic heterocycles. The van der Waals surface area contributed by atoms with Crippen molar-refractivity contribution in [1.82, 2.24) is 0 Å². The van der Waals surface area contributed by atoms with Gasteiger partial charge in [0.05, 0.1) is 17.9 Å². The van der Waals surface area contributed by atoms with E-state index in [9.17, 15) is 18.0 Å². The minimum atomic E-state index is -3.94. The van der Waals surface area contributed by atoms with Gasteiger partial charge in [0.15, 0.2) is 0 Å². The van der Waals surface area contributed by atoms with Crippen molar-refractivity contribution in [2.75, 3.05) is 11.9 Å². The molecule has 0 radical (unpaired) electrons. The molecule has 1 atom stereocenters. The zero-order chi connectivity index (χ0) is 23.6. The summed E-state index contributed by atoms with van der Waals surface area (Å²) in [5.74, 6) is -1.78. The van der Waals surface area contributed by atoms with Crippen LogP contribution >= 0.6 is 0 Å². The minimum absolute atomic E-state index is 0.0867. The third kappa shape index (κ3) is 4.97. The van der Waals surface area contributed by atoms with Gasteiger partial charge in [-0.1, -0.05) is 48.0 Å². The number of rotatable bonds is 8. The van der Waals surface area contributed by atoms with Gasteiger partial charge < -0.3 is 10.4 Å². The van der Waals surface area contributed by atoms with Gasteiger partial charge in [-0.25, -0.2) is 0 Å². The number of amides is 1. The van der Waals surface area contributed by atoms with E-state index in [4.69, 9.17) is 9.29 Å². The van der Waals surface area contributed by atoms with Crippen LogP contribution in [0.25, 0.3) is 11.1 Å². The largest absolute Gasteiger partial charge is 0.481 e. The SMILES string of the molecule is Cc1ccc(S(=O)(=O)OCC2c3ccccc3-c3ccc(NC(=O)CCC(=O)O)cc32)cc1. The van der Waals surface area contributed by atoms with Crippen molar-refractivity contribution in [2.45, 2.75) is 30.6 Å². The molecule has 0 saturated heterocycles. The topological polar surface area (TPSA) is 110 Å². The molecule has 33 heavy (non-hydrogen) atoms. The lowest BCUT2D eigenvalue weighted by atomic mass is 9.98. The Morgan fingerprint density at radius 2 is 1.64 bits per heavy atom. The van der Waals surface area contributed by atoms with E-state index in [0.29, 0.717) is 5.69 Å². The number of carboxylic acids is 1. The van der Waals surface area contributed by atoms with Gasteiger partial charge in [-0.15, -0.1) is 0 Å². The summed E-state index contributed by atoms with van der Waals surface area (Å²) >= 11 is 0. The van der Waals surface area contributed by atoms with E-state index in [1.165, 1.54) is 12.1 Å². The lowest BCUT2D eigenvalue weighted by Gasteiger charge is -2.15. The Kier molecular flexibility index (Phi) is 6.31. The molecule has 0 saturated carbocycles. The van der Waals surface area contributed by atoms with E-state index < -0.39 is 22.0 Å². The van der Waals surface area contributed by atoms with Crippen LogP contribution in [-0.2, 0) is 23.9 Å². The van der Waals surface area contributed by atoms with E-state index in [1.807, 2.05) is 37.3 Å². The molecule has 0 heterocycles. The van der Waals surface area contributed by atoms with Crippen molar-refractivity contribution in [2.24, 2.45) is 0 Å². The minimum Gasteiger partial charge on any atom is -0.481 e. The van der Waals surface area contributed by atoms with E-state index in [-0.39, 0.29) is 30.3 Å². The summed E-state index contributed by atoms with van der Waals surface area (Å²) < 4.78 is 30.9. The zero-order valence-corrected chi connectivity index (χ0v) is 18.8. The van der Waals surface area contributed by atoms with Crippen LogP contribution < -0.4 is 5.32 Å². The highest BCUT2D eigenvalue weighted by molar-refractivity contribution is 7.86. The average Bonchev–Trinajstić information content (AvgIpc) is 3.09. The molecule has 0 fully saturated rings. The quantitative estimate of drug-likeness (QED) is 0.480. The number of carboxylic acid groups (broad SMARTS) is 1. The molecule has 1 amide bonds.